The van der Waals surface area contributed by atoms with Crippen molar-refractivity contribution in [1.82, 2.24) is 31.0 Å². The molecule has 1 aromatic heterocycles. The minimum atomic E-state index is -3.75. The number of sulfonamides is 1. The van der Waals surface area contributed by atoms with Gasteiger partial charge in [-0.05, 0) is 86.7 Å². The van der Waals surface area contributed by atoms with Gasteiger partial charge < -0.3 is 21.3 Å². The fraction of sp³-hybridized carbons (Fsp3) is 0.560. The fourth-order valence-corrected chi connectivity index (χ4v) is 6.71. The van der Waals surface area contributed by atoms with Gasteiger partial charge >= 0.3 is 0 Å². The fourth-order valence-electron chi connectivity index (χ4n) is 4.69. The molecule has 2 aliphatic rings. The minimum absolute atomic E-state index is 0.120. The summed E-state index contributed by atoms with van der Waals surface area (Å²) in [4.78, 5) is 5.05. The average molecular weight is 549 g/mol. The van der Waals surface area contributed by atoms with Crippen LogP contribution in [0.25, 0.3) is 10.8 Å². The summed E-state index contributed by atoms with van der Waals surface area (Å²) in [6.07, 6.45) is 4.69. The van der Waals surface area contributed by atoms with E-state index in [9.17, 15) is 8.42 Å². The largest absolute Gasteiger partial charge is 0.363 e. The van der Waals surface area contributed by atoms with Crippen LogP contribution < -0.4 is 26.0 Å². The summed E-state index contributed by atoms with van der Waals surface area (Å²) in [5, 5.41) is 15.8. The van der Waals surface area contributed by atoms with E-state index in [-0.39, 0.29) is 22.9 Å². The van der Waals surface area contributed by atoms with E-state index < -0.39 is 10.0 Å². The molecule has 0 spiro atoms. The van der Waals surface area contributed by atoms with Crippen molar-refractivity contribution in [3.05, 3.63) is 35.2 Å². The zero-order chi connectivity index (χ0) is 26.0. The number of hydrogen-bond donors (Lipinski definition) is 5. The molecule has 0 saturated heterocycles. The molecule has 0 unspecified atom stereocenters. The first kappa shape index (κ1) is 27.0. The molecule has 1 fully saturated rings. The number of hydrogen-bond acceptors (Lipinski definition) is 5. The van der Waals surface area contributed by atoms with Crippen LogP contribution in [0.4, 0.5) is 0 Å². The van der Waals surface area contributed by atoms with E-state index in [1.165, 1.54) is 0 Å². The summed E-state index contributed by atoms with van der Waals surface area (Å²) in [7, 11) is -3.75. The Morgan fingerprint density at radius 2 is 1.67 bits per heavy atom. The van der Waals surface area contributed by atoms with E-state index in [4.69, 9.17) is 29.4 Å². The lowest BCUT2D eigenvalue weighted by Crippen LogP contribution is -2.38. The highest BCUT2D eigenvalue weighted by Gasteiger charge is 2.37. The highest BCUT2D eigenvalue weighted by molar-refractivity contribution is 7.89. The van der Waals surface area contributed by atoms with Crippen LogP contribution in [0.1, 0.15) is 81.8 Å². The van der Waals surface area contributed by atoms with Gasteiger partial charge in [-0.1, -0.05) is 13.8 Å². The predicted molar refractivity (Wildman–Crippen MR) is 153 cm³/mol. The van der Waals surface area contributed by atoms with Crippen molar-refractivity contribution in [2.45, 2.75) is 69.9 Å². The van der Waals surface area contributed by atoms with Crippen molar-refractivity contribution in [2.75, 3.05) is 19.6 Å². The first-order chi connectivity index (χ1) is 17.1. The summed E-state index contributed by atoms with van der Waals surface area (Å²) in [6, 6.07) is 3.49. The van der Waals surface area contributed by atoms with Crippen molar-refractivity contribution in [2.24, 2.45) is 5.92 Å². The summed E-state index contributed by atoms with van der Waals surface area (Å²) in [5.41, 5.74) is 2.86. The molecule has 11 heteroatoms. The van der Waals surface area contributed by atoms with E-state index >= 15 is 0 Å². The van der Waals surface area contributed by atoms with Gasteiger partial charge in [0.2, 0.25) is 10.0 Å². The molecule has 0 amide bonds. The number of benzene rings is 1. The molecular weight excluding hydrogens is 513 g/mol. The normalized spacial score (nSPS) is 19.2. The van der Waals surface area contributed by atoms with Crippen LogP contribution in [0.5, 0.6) is 0 Å². The van der Waals surface area contributed by atoms with E-state index in [2.05, 4.69) is 26.0 Å². The van der Waals surface area contributed by atoms with E-state index in [1.54, 1.807) is 0 Å². The molecule has 1 aromatic carbocycles. The number of pyridine rings is 1. The summed E-state index contributed by atoms with van der Waals surface area (Å²) < 4.78 is 30.0. The zero-order valence-electron chi connectivity index (χ0n) is 21.3. The highest BCUT2D eigenvalue weighted by Crippen LogP contribution is 2.46. The lowest BCUT2D eigenvalue weighted by molar-refractivity contribution is 0.539. The number of fused-ring (bicyclic) bond motifs is 3. The van der Waals surface area contributed by atoms with Gasteiger partial charge in [0.05, 0.1) is 17.0 Å². The van der Waals surface area contributed by atoms with Gasteiger partial charge in [0, 0.05) is 48.2 Å². The summed E-state index contributed by atoms with van der Waals surface area (Å²) in [5.74, 6) is 0.598. The molecule has 36 heavy (non-hydrogen) atoms. The monoisotopic (exact) mass is 548 g/mol. The molecule has 196 valence electrons. The Hall–Kier alpha value is -2.08. The van der Waals surface area contributed by atoms with Gasteiger partial charge in [-0.15, -0.1) is 0 Å². The molecule has 8 nitrogen and oxygen atoms in total. The number of aromatic nitrogens is 1. The second kappa shape index (κ2) is 11.1. The zero-order valence-corrected chi connectivity index (χ0v) is 23.7. The minimum Gasteiger partial charge on any atom is -0.363 e. The molecule has 0 bridgehead atoms. The van der Waals surface area contributed by atoms with Crippen molar-refractivity contribution in [3.63, 3.8) is 0 Å². The Bertz CT molecular complexity index is 1260. The molecule has 4 rings (SSSR count). The van der Waals surface area contributed by atoms with E-state index in [0.29, 0.717) is 47.6 Å². The Balaban J connectivity index is 1.88. The Morgan fingerprint density at radius 3 is 2.25 bits per heavy atom. The van der Waals surface area contributed by atoms with Crippen LogP contribution in [-0.4, -0.2) is 43.3 Å². The van der Waals surface area contributed by atoms with Crippen LogP contribution >= 0.6 is 24.4 Å². The number of nitrogens with one attached hydrogen (secondary N) is 5. The maximum Gasteiger partial charge on any atom is 0.241 e. The molecule has 0 aliphatic heterocycles. The number of nitrogens with zero attached hydrogens (tertiary/aromatic N) is 1. The van der Waals surface area contributed by atoms with Gasteiger partial charge in [0.1, 0.15) is 0 Å². The molecule has 0 radical (unpaired) electrons. The Morgan fingerprint density at radius 1 is 1.03 bits per heavy atom. The van der Waals surface area contributed by atoms with Crippen LogP contribution in [0, 0.1) is 5.92 Å². The predicted octanol–water partition coefficient (Wildman–Crippen LogP) is 3.50. The first-order valence-corrected chi connectivity index (χ1v) is 15.0. The van der Waals surface area contributed by atoms with Gasteiger partial charge in [0.15, 0.2) is 10.2 Å². The van der Waals surface area contributed by atoms with Crippen molar-refractivity contribution >= 4 is 55.5 Å². The highest BCUT2D eigenvalue weighted by atomic mass is 32.2. The topological polar surface area (TPSA) is 107 Å². The van der Waals surface area contributed by atoms with Gasteiger partial charge in [-0.3, -0.25) is 4.98 Å². The van der Waals surface area contributed by atoms with E-state index in [0.717, 1.165) is 35.0 Å². The van der Waals surface area contributed by atoms with Crippen LogP contribution in [0.2, 0.25) is 0 Å². The lowest BCUT2D eigenvalue weighted by Gasteiger charge is -2.20. The maximum absolute atomic E-state index is 13.6. The van der Waals surface area contributed by atoms with Gasteiger partial charge in [-0.2, -0.15) is 0 Å². The van der Waals surface area contributed by atoms with Crippen LogP contribution in [0.3, 0.4) is 0 Å². The third kappa shape index (κ3) is 5.90. The molecule has 5 N–H and O–H groups in total. The summed E-state index contributed by atoms with van der Waals surface area (Å²) >= 11 is 11.0. The van der Waals surface area contributed by atoms with Gasteiger partial charge in [-0.25, -0.2) is 13.1 Å². The van der Waals surface area contributed by atoms with Crippen LogP contribution in [0.15, 0.2) is 23.2 Å². The standard InChI is InChI=1S/C25H36N6O2S3/c1-5-26-24(34)30-20-11-21(31-25(35)27-6-2)23-17(20)10-22(36(32,33)29-12-14(3)4)16-9-19(15-7-8-15)28-13-18(16)23/h9-10,13-15,20-21,29H,5-8,11-12H2,1-4H3,(H2,26,30,34)(H2,27,31,35)/t20-,21+/m1/s1. The average Bonchev–Trinajstić information content (AvgIpc) is 3.61. The Labute approximate surface area is 224 Å². The lowest BCUT2D eigenvalue weighted by atomic mass is 9.98. The van der Waals surface area contributed by atoms with Gasteiger partial charge in [0.25, 0.3) is 0 Å². The summed E-state index contributed by atoms with van der Waals surface area (Å²) in [6.45, 7) is 9.74. The molecular formula is C25H36N6O2S3. The van der Waals surface area contributed by atoms with Crippen molar-refractivity contribution in [3.8, 4) is 0 Å². The van der Waals surface area contributed by atoms with E-state index in [1.807, 2.05) is 46.0 Å². The number of thiocarbonyl (C=S) groups is 2. The molecule has 2 aromatic rings. The third-order valence-electron chi connectivity index (χ3n) is 6.53. The quantitative estimate of drug-likeness (QED) is 0.301. The number of rotatable bonds is 9. The maximum atomic E-state index is 13.6. The third-order valence-corrected chi connectivity index (χ3v) is 8.51. The molecule has 2 atom stereocenters. The SMILES string of the molecule is CCNC(=S)N[C@H]1C[C@@H](NC(=S)NCC)c2cc(S(=O)(=O)NCC(C)C)c3cc(C4CC4)ncc3c21. The Kier molecular flexibility index (Phi) is 8.33. The van der Waals surface area contributed by atoms with Crippen molar-refractivity contribution in [1.29, 1.82) is 0 Å². The second-order valence-corrected chi connectivity index (χ2v) is 12.5. The molecule has 1 saturated carbocycles. The molecule has 1 heterocycles. The second-order valence-electron chi connectivity index (χ2n) is 9.90. The smallest absolute Gasteiger partial charge is 0.241 e. The first-order valence-electron chi connectivity index (χ1n) is 12.7. The van der Waals surface area contributed by atoms with Crippen molar-refractivity contribution < 1.29 is 8.42 Å². The van der Waals surface area contributed by atoms with Crippen LogP contribution in [-0.2, 0) is 10.0 Å². The molecule has 2 aliphatic carbocycles.